The molecule has 1 aliphatic rings. The van der Waals surface area contributed by atoms with Crippen molar-refractivity contribution in [2.24, 2.45) is 5.92 Å². The van der Waals surface area contributed by atoms with E-state index in [1.54, 1.807) is 11.3 Å². The van der Waals surface area contributed by atoms with Crippen LogP contribution in [0.3, 0.4) is 0 Å². The molecule has 1 aromatic heterocycles. The summed E-state index contributed by atoms with van der Waals surface area (Å²) in [4.78, 5) is 16.8. The Labute approximate surface area is 135 Å². The first-order valence-electron chi connectivity index (χ1n) is 8.02. The van der Waals surface area contributed by atoms with Crippen LogP contribution in [0.2, 0.25) is 0 Å². The summed E-state index contributed by atoms with van der Waals surface area (Å²) in [7, 11) is 0. The number of carbonyl (C=O) groups excluding carboxylic acids is 1. The highest BCUT2D eigenvalue weighted by Crippen LogP contribution is 2.27. The van der Waals surface area contributed by atoms with E-state index in [0.29, 0.717) is 6.54 Å². The zero-order valence-corrected chi connectivity index (χ0v) is 13.8. The number of nitrogens with one attached hydrogen (secondary N) is 1. The highest BCUT2D eigenvalue weighted by molar-refractivity contribution is 7.13. The van der Waals surface area contributed by atoms with Gasteiger partial charge < -0.3 is 5.32 Å². The van der Waals surface area contributed by atoms with E-state index < -0.39 is 0 Å². The van der Waals surface area contributed by atoms with Crippen LogP contribution in [0.25, 0.3) is 10.6 Å². The molecule has 1 saturated carbocycles. The minimum absolute atomic E-state index is 0.199. The molecule has 22 heavy (non-hydrogen) atoms. The van der Waals surface area contributed by atoms with Crippen LogP contribution in [0, 0.1) is 12.8 Å². The van der Waals surface area contributed by atoms with E-state index in [4.69, 9.17) is 0 Å². The SMILES string of the molecule is Cc1ccccc1-c1nc(CNC(=O)C2CCCCC2)cs1. The summed E-state index contributed by atoms with van der Waals surface area (Å²) in [6, 6.07) is 8.27. The van der Waals surface area contributed by atoms with E-state index in [-0.39, 0.29) is 11.8 Å². The number of benzene rings is 1. The third kappa shape index (κ3) is 3.55. The molecule has 2 aromatic rings. The smallest absolute Gasteiger partial charge is 0.223 e. The van der Waals surface area contributed by atoms with Crippen LogP contribution in [0.5, 0.6) is 0 Å². The molecule has 0 saturated heterocycles. The van der Waals surface area contributed by atoms with Gasteiger partial charge in [0.25, 0.3) is 0 Å². The van der Waals surface area contributed by atoms with Crippen LogP contribution >= 0.6 is 11.3 Å². The quantitative estimate of drug-likeness (QED) is 0.913. The van der Waals surface area contributed by atoms with Crippen molar-refractivity contribution in [1.82, 2.24) is 10.3 Å². The maximum absolute atomic E-state index is 12.2. The van der Waals surface area contributed by atoms with E-state index in [1.807, 2.05) is 17.5 Å². The summed E-state index contributed by atoms with van der Waals surface area (Å²) in [6.07, 6.45) is 5.73. The van der Waals surface area contributed by atoms with Gasteiger partial charge in [-0.2, -0.15) is 0 Å². The number of thiazole rings is 1. The maximum atomic E-state index is 12.2. The molecular formula is C18H22N2OS. The second-order valence-electron chi connectivity index (χ2n) is 6.01. The summed E-state index contributed by atoms with van der Waals surface area (Å²) in [5, 5.41) is 6.13. The van der Waals surface area contributed by atoms with Gasteiger partial charge in [-0.3, -0.25) is 4.79 Å². The van der Waals surface area contributed by atoms with Crippen LogP contribution in [0.4, 0.5) is 0 Å². The molecule has 0 atom stereocenters. The van der Waals surface area contributed by atoms with Crippen molar-refractivity contribution in [3.63, 3.8) is 0 Å². The van der Waals surface area contributed by atoms with Gasteiger partial charge in [0.15, 0.2) is 0 Å². The van der Waals surface area contributed by atoms with Gasteiger partial charge in [0.05, 0.1) is 12.2 Å². The number of hydrogen-bond acceptors (Lipinski definition) is 3. The summed E-state index contributed by atoms with van der Waals surface area (Å²) in [6.45, 7) is 2.64. The number of nitrogens with zero attached hydrogens (tertiary/aromatic N) is 1. The van der Waals surface area contributed by atoms with E-state index in [2.05, 4.69) is 29.4 Å². The fraction of sp³-hybridized carbons (Fsp3) is 0.444. The lowest BCUT2D eigenvalue weighted by Gasteiger charge is -2.20. The molecule has 0 bridgehead atoms. The molecule has 1 aliphatic carbocycles. The lowest BCUT2D eigenvalue weighted by molar-refractivity contribution is -0.126. The topological polar surface area (TPSA) is 42.0 Å². The lowest BCUT2D eigenvalue weighted by Crippen LogP contribution is -2.31. The fourth-order valence-electron chi connectivity index (χ4n) is 3.01. The van der Waals surface area contributed by atoms with Gasteiger partial charge in [-0.25, -0.2) is 4.98 Å². The molecule has 3 rings (SSSR count). The molecule has 0 aliphatic heterocycles. The average Bonchev–Trinajstić information content (AvgIpc) is 3.02. The van der Waals surface area contributed by atoms with E-state index in [9.17, 15) is 4.79 Å². The molecule has 3 nitrogen and oxygen atoms in total. The molecule has 1 fully saturated rings. The molecule has 1 aromatic carbocycles. The number of carbonyl (C=O) groups is 1. The molecular weight excluding hydrogens is 292 g/mol. The Balaban J connectivity index is 1.60. The molecule has 4 heteroatoms. The van der Waals surface area contributed by atoms with Gasteiger partial charge in [0.1, 0.15) is 5.01 Å². The third-order valence-corrected chi connectivity index (χ3v) is 5.27. The summed E-state index contributed by atoms with van der Waals surface area (Å²) < 4.78 is 0. The standard InChI is InChI=1S/C18H22N2OS/c1-13-7-5-6-10-16(13)18-20-15(12-22-18)11-19-17(21)14-8-3-2-4-9-14/h5-7,10,12,14H,2-4,8-9,11H2,1H3,(H,19,21). The largest absolute Gasteiger partial charge is 0.350 e. The monoisotopic (exact) mass is 314 g/mol. The van der Waals surface area contributed by atoms with Crippen molar-refractivity contribution in [2.45, 2.75) is 45.6 Å². The minimum Gasteiger partial charge on any atom is -0.350 e. The van der Waals surface area contributed by atoms with E-state index >= 15 is 0 Å². The van der Waals surface area contributed by atoms with Gasteiger partial charge in [0.2, 0.25) is 5.91 Å². The number of rotatable bonds is 4. The zero-order valence-electron chi connectivity index (χ0n) is 13.0. The molecule has 0 radical (unpaired) electrons. The summed E-state index contributed by atoms with van der Waals surface area (Å²) >= 11 is 1.64. The van der Waals surface area contributed by atoms with Gasteiger partial charge >= 0.3 is 0 Å². The number of aryl methyl sites for hydroxylation is 1. The number of hydrogen-bond donors (Lipinski definition) is 1. The van der Waals surface area contributed by atoms with Crippen LogP contribution in [-0.2, 0) is 11.3 Å². The van der Waals surface area contributed by atoms with Crippen molar-refractivity contribution in [2.75, 3.05) is 0 Å². The van der Waals surface area contributed by atoms with Gasteiger partial charge in [-0.05, 0) is 25.3 Å². The molecule has 1 N–H and O–H groups in total. The van der Waals surface area contributed by atoms with Crippen LogP contribution in [0.15, 0.2) is 29.6 Å². The zero-order chi connectivity index (χ0) is 15.4. The minimum atomic E-state index is 0.199. The molecule has 1 amide bonds. The molecule has 1 heterocycles. The van der Waals surface area contributed by atoms with Gasteiger partial charge in [-0.15, -0.1) is 11.3 Å². The van der Waals surface area contributed by atoms with E-state index in [1.165, 1.54) is 30.4 Å². The first kappa shape index (κ1) is 15.2. The second kappa shape index (κ2) is 7.05. The fourth-order valence-corrected chi connectivity index (χ4v) is 3.92. The van der Waals surface area contributed by atoms with Crippen molar-refractivity contribution in [3.8, 4) is 10.6 Å². The maximum Gasteiger partial charge on any atom is 0.223 e. The summed E-state index contributed by atoms with van der Waals surface area (Å²) in [5.41, 5.74) is 3.36. The van der Waals surface area contributed by atoms with Crippen molar-refractivity contribution < 1.29 is 4.79 Å². The van der Waals surface area contributed by atoms with Crippen LogP contribution < -0.4 is 5.32 Å². The second-order valence-corrected chi connectivity index (χ2v) is 6.87. The Morgan fingerprint density at radius 3 is 2.82 bits per heavy atom. The van der Waals surface area contributed by atoms with Crippen LogP contribution in [0.1, 0.15) is 43.4 Å². The Hall–Kier alpha value is -1.68. The van der Waals surface area contributed by atoms with E-state index in [0.717, 1.165) is 23.5 Å². The highest BCUT2D eigenvalue weighted by Gasteiger charge is 2.20. The van der Waals surface area contributed by atoms with Crippen molar-refractivity contribution in [3.05, 3.63) is 40.9 Å². The summed E-state index contributed by atoms with van der Waals surface area (Å²) in [5.74, 6) is 0.411. The number of amides is 1. The molecule has 0 unspecified atom stereocenters. The first-order chi connectivity index (χ1) is 10.7. The number of aromatic nitrogens is 1. The lowest BCUT2D eigenvalue weighted by atomic mass is 9.89. The Morgan fingerprint density at radius 2 is 2.05 bits per heavy atom. The highest BCUT2D eigenvalue weighted by atomic mass is 32.1. The Morgan fingerprint density at radius 1 is 1.27 bits per heavy atom. The first-order valence-corrected chi connectivity index (χ1v) is 8.90. The predicted molar refractivity (Wildman–Crippen MR) is 90.7 cm³/mol. The Bertz CT molecular complexity index is 644. The van der Waals surface area contributed by atoms with Gasteiger partial charge in [0, 0.05) is 16.9 Å². The van der Waals surface area contributed by atoms with Gasteiger partial charge in [-0.1, -0.05) is 43.5 Å². The normalized spacial score (nSPS) is 15.7. The average molecular weight is 314 g/mol. The van der Waals surface area contributed by atoms with Crippen LogP contribution in [-0.4, -0.2) is 10.9 Å². The third-order valence-electron chi connectivity index (χ3n) is 4.35. The molecule has 116 valence electrons. The Kier molecular flexibility index (Phi) is 4.88. The van der Waals surface area contributed by atoms with Crippen molar-refractivity contribution in [1.29, 1.82) is 0 Å². The van der Waals surface area contributed by atoms with Crippen molar-refractivity contribution >= 4 is 17.2 Å². The molecule has 0 spiro atoms. The predicted octanol–water partition coefficient (Wildman–Crippen LogP) is 4.32.